The second-order valence-electron chi connectivity index (χ2n) is 9.10. The molecule has 0 radical (unpaired) electrons. The van der Waals surface area contributed by atoms with Crippen LogP contribution in [0.4, 0.5) is 16.0 Å². The first-order chi connectivity index (χ1) is 16.3. The van der Waals surface area contributed by atoms with E-state index in [2.05, 4.69) is 27.1 Å². The molecule has 1 unspecified atom stereocenters. The molecule has 0 saturated carbocycles. The van der Waals surface area contributed by atoms with Gasteiger partial charge in [0, 0.05) is 44.3 Å². The summed E-state index contributed by atoms with van der Waals surface area (Å²) in [5.41, 5.74) is 1.25. The molecule has 2 aromatic rings. The van der Waals surface area contributed by atoms with Crippen LogP contribution in [0.2, 0.25) is 0 Å². The summed E-state index contributed by atoms with van der Waals surface area (Å²) in [5, 5.41) is 3.04. The molecule has 1 N–H and O–H groups in total. The number of benzene rings is 1. The van der Waals surface area contributed by atoms with E-state index in [1.54, 1.807) is 0 Å². The van der Waals surface area contributed by atoms with Crippen LogP contribution in [0.3, 0.4) is 0 Å². The molecular weight excluding hydrogens is 493 g/mol. The number of aromatic nitrogens is 2. The number of amides is 1. The summed E-state index contributed by atoms with van der Waals surface area (Å²) in [6, 6.07) is 3.35. The lowest BCUT2D eigenvalue weighted by Crippen LogP contribution is -2.51. The van der Waals surface area contributed by atoms with E-state index in [1.165, 1.54) is 12.1 Å². The van der Waals surface area contributed by atoms with Crippen molar-refractivity contribution in [3.05, 3.63) is 42.0 Å². The summed E-state index contributed by atoms with van der Waals surface area (Å²) in [6.45, 7) is 4.32. The van der Waals surface area contributed by atoms with Crippen LogP contribution in [0, 0.1) is 5.82 Å². The van der Waals surface area contributed by atoms with Crippen molar-refractivity contribution in [1.82, 2.24) is 14.9 Å². The van der Waals surface area contributed by atoms with E-state index in [-0.39, 0.29) is 34.9 Å². The molecule has 2 aliphatic rings. The van der Waals surface area contributed by atoms with Crippen LogP contribution >= 0.6 is 12.4 Å². The number of piperidine rings is 1. The van der Waals surface area contributed by atoms with Gasteiger partial charge in [0.2, 0.25) is 11.9 Å². The fourth-order valence-corrected chi connectivity index (χ4v) is 5.30. The Balaban J connectivity index is 0.00000342. The van der Waals surface area contributed by atoms with E-state index in [1.807, 2.05) is 17.3 Å². The molecule has 2 fully saturated rings. The zero-order chi connectivity index (χ0) is 24.3. The maximum absolute atomic E-state index is 14.6. The number of anilines is 2. The van der Waals surface area contributed by atoms with Crippen LogP contribution in [0.5, 0.6) is 0 Å². The first-order valence-corrected chi connectivity index (χ1v) is 13.8. The predicted molar refractivity (Wildman–Crippen MR) is 136 cm³/mol. The van der Waals surface area contributed by atoms with Gasteiger partial charge in [-0.15, -0.1) is 12.4 Å². The van der Waals surface area contributed by atoms with E-state index >= 15 is 0 Å². The van der Waals surface area contributed by atoms with Crippen molar-refractivity contribution in [3.8, 4) is 0 Å². The van der Waals surface area contributed by atoms with Crippen LogP contribution in [-0.4, -0.2) is 67.2 Å². The zero-order valence-corrected chi connectivity index (χ0v) is 21.7. The van der Waals surface area contributed by atoms with E-state index < -0.39 is 21.7 Å². The van der Waals surface area contributed by atoms with Crippen LogP contribution in [0.15, 0.2) is 35.5 Å². The van der Waals surface area contributed by atoms with Gasteiger partial charge in [-0.3, -0.25) is 4.79 Å². The Morgan fingerprint density at radius 1 is 1.09 bits per heavy atom. The molecule has 1 atom stereocenters. The summed E-state index contributed by atoms with van der Waals surface area (Å²) in [4.78, 5) is 26.4. The Bertz CT molecular complexity index is 1120. The number of likely N-dealkylation sites (tertiary alicyclic amines) is 1. The van der Waals surface area contributed by atoms with Crippen molar-refractivity contribution in [2.24, 2.45) is 0 Å². The molecule has 4 rings (SSSR count). The number of hydrogen-bond acceptors (Lipinski definition) is 7. The monoisotopic (exact) mass is 525 g/mol. The number of aryl methyl sites for hydroxylation is 1. The molecule has 2 saturated heterocycles. The van der Waals surface area contributed by atoms with Gasteiger partial charge >= 0.3 is 0 Å². The number of rotatable bonds is 6. The molecule has 1 aromatic heterocycles. The standard InChI is InChI=1S/C24H32FN5O3S.ClH/c1-3-17-15-26-24(27-16-17)29-12-9-18(10-13-29)30-11-5-4-6-22(23(30)31)28-21-8-7-19(14-20(21)25)34(2,32)33;/h7-8,14-16,18,22,28H,3-6,9-13H2,1-2H3;1H. The third kappa shape index (κ3) is 6.41. The molecule has 0 spiro atoms. The number of halogens is 2. The summed E-state index contributed by atoms with van der Waals surface area (Å²) in [7, 11) is -3.50. The normalized spacial score (nSPS) is 19.7. The van der Waals surface area contributed by atoms with Crippen LogP contribution < -0.4 is 10.2 Å². The van der Waals surface area contributed by atoms with E-state index in [0.717, 1.165) is 69.0 Å². The largest absolute Gasteiger partial charge is 0.371 e. The fraction of sp³-hybridized carbons (Fsp3) is 0.542. The number of carbonyl (C=O) groups excluding carboxylic acids is 1. The molecule has 2 aliphatic heterocycles. The molecule has 1 amide bonds. The van der Waals surface area contributed by atoms with Gasteiger partial charge in [0.1, 0.15) is 11.9 Å². The Morgan fingerprint density at radius 2 is 1.77 bits per heavy atom. The molecule has 0 aliphatic carbocycles. The minimum atomic E-state index is -3.50. The first kappa shape index (κ1) is 27.1. The lowest BCUT2D eigenvalue weighted by molar-refractivity contribution is -0.134. The molecule has 1 aromatic carbocycles. The van der Waals surface area contributed by atoms with Crippen molar-refractivity contribution in [1.29, 1.82) is 0 Å². The van der Waals surface area contributed by atoms with Crippen LogP contribution in [-0.2, 0) is 21.1 Å². The number of sulfone groups is 1. The highest BCUT2D eigenvalue weighted by atomic mass is 35.5. The minimum absolute atomic E-state index is 0. The van der Waals surface area contributed by atoms with Gasteiger partial charge in [-0.25, -0.2) is 22.8 Å². The average Bonchev–Trinajstić information content (AvgIpc) is 3.01. The summed E-state index contributed by atoms with van der Waals surface area (Å²) in [6.07, 6.45) is 9.71. The highest BCUT2D eigenvalue weighted by molar-refractivity contribution is 7.90. The van der Waals surface area contributed by atoms with Gasteiger partial charge in [-0.05, 0) is 62.3 Å². The van der Waals surface area contributed by atoms with Crippen molar-refractivity contribution in [2.75, 3.05) is 36.1 Å². The van der Waals surface area contributed by atoms with Gasteiger partial charge < -0.3 is 15.1 Å². The lowest BCUT2D eigenvalue weighted by atomic mass is 10.0. The second-order valence-corrected chi connectivity index (χ2v) is 11.1. The third-order valence-electron chi connectivity index (χ3n) is 6.71. The van der Waals surface area contributed by atoms with Crippen molar-refractivity contribution < 1.29 is 17.6 Å². The zero-order valence-electron chi connectivity index (χ0n) is 20.1. The Hall–Kier alpha value is -2.46. The number of carbonyl (C=O) groups is 1. The molecule has 0 bridgehead atoms. The molecule has 11 heteroatoms. The number of nitrogens with one attached hydrogen (secondary N) is 1. The number of nitrogens with zero attached hydrogens (tertiary/aromatic N) is 4. The third-order valence-corrected chi connectivity index (χ3v) is 7.82. The van der Waals surface area contributed by atoms with Crippen LogP contribution in [0.1, 0.15) is 44.6 Å². The van der Waals surface area contributed by atoms with Gasteiger partial charge in [0.05, 0.1) is 10.6 Å². The highest BCUT2D eigenvalue weighted by Crippen LogP contribution is 2.26. The Kier molecular flexibility index (Phi) is 8.93. The van der Waals surface area contributed by atoms with E-state index in [9.17, 15) is 17.6 Å². The summed E-state index contributed by atoms with van der Waals surface area (Å²) < 4.78 is 38.0. The lowest BCUT2D eigenvalue weighted by Gasteiger charge is -2.39. The van der Waals surface area contributed by atoms with Crippen molar-refractivity contribution >= 4 is 39.8 Å². The average molecular weight is 526 g/mol. The number of hydrogen-bond donors (Lipinski definition) is 1. The Labute approximate surface area is 212 Å². The minimum Gasteiger partial charge on any atom is -0.371 e. The van der Waals surface area contributed by atoms with Crippen molar-refractivity contribution in [2.45, 2.75) is 62.4 Å². The van der Waals surface area contributed by atoms with E-state index in [0.29, 0.717) is 13.0 Å². The molecule has 35 heavy (non-hydrogen) atoms. The molecule has 8 nitrogen and oxygen atoms in total. The van der Waals surface area contributed by atoms with Crippen molar-refractivity contribution in [3.63, 3.8) is 0 Å². The summed E-state index contributed by atoms with van der Waals surface area (Å²) >= 11 is 0. The predicted octanol–water partition coefficient (Wildman–Crippen LogP) is 3.47. The van der Waals surface area contributed by atoms with Gasteiger partial charge in [0.25, 0.3) is 0 Å². The molecular formula is C24H33ClFN5O3S. The Morgan fingerprint density at radius 3 is 2.37 bits per heavy atom. The quantitative estimate of drug-likeness (QED) is 0.617. The second kappa shape index (κ2) is 11.5. The maximum Gasteiger partial charge on any atom is 0.245 e. The summed E-state index contributed by atoms with van der Waals surface area (Å²) in [5.74, 6) is 0.0328. The fourth-order valence-electron chi connectivity index (χ4n) is 4.66. The molecule has 192 valence electrons. The van der Waals surface area contributed by atoms with Crippen LogP contribution in [0.25, 0.3) is 0 Å². The van der Waals surface area contributed by atoms with Gasteiger partial charge in [0.15, 0.2) is 9.84 Å². The SMILES string of the molecule is CCc1cnc(N2CCC(N3CCCCC(Nc4ccc(S(C)(=O)=O)cc4F)C3=O)CC2)nc1.Cl. The van der Waals surface area contributed by atoms with Gasteiger partial charge in [-0.1, -0.05) is 6.92 Å². The highest BCUT2D eigenvalue weighted by Gasteiger charge is 2.34. The topological polar surface area (TPSA) is 95.5 Å². The van der Waals surface area contributed by atoms with E-state index in [4.69, 9.17) is 0 Å². The van der Waals surface area contributed by atoms with Gasteiger partial charge in [-0.2, -0.15) is 0 Å². The first-order valence-electron chi connectivity index (χ1n) is 11.9. The maximum atomic E-state index is 14.6. The smallest absolute Gasteiger partial charge is 0.245 e. The molecule has 3 heterocycles.